The summed E-state index contributed by atoms with van der Waals surface area (Å²) in [5.41, 5.74) is -0.505. The first-order valence-electron chi connectivity index (χ1n) is 3.25. The summed E-state index contributed by atoms with van der Waals surface area (Å²) in [4.78, 5) is 0. The van der Waals surface area contributed by atoms with E-state index in [9.17, 15) is 0 Å². The van der Waals surface area contributed by atoms with Crippen molar-refractivity contribution in [2.45, 2.75) is 19.8 Å². The van der Waals surface area contributed by atoms with Gasteiger partial charge in [-0.2, -0.15) is 0 Å². The summed E-state index contributed by atoms with van der Waals surface area (Å²) in [6.45, 7) is 5.64. The molecule has 0 saturated carbocycles. The topological polar surface area (TPSA) is 40.5 Å². The summed E-state index contributed by atoms with van der Waals surface area (Å²) in [5, 5.41) is 17.4. The van der Waals surface area contributed by atoms with E-state index in [4.69, 9.17) is 10.2 Å². The van der Waals surface area contributed by atoms with Gasteiger partial charge >= 0.3 is 0 Å². The maximum atomic E-state index is 8.69. The Morgan fingerprint density at radius 1 is 1.33 bits per heavy atom. The van der Waals surface area contributed by atoms with Crippen LogP contribution in [0.4, 0.5) is 0 Å². The maximum absolute atomic E-state index is 8.69. The minimum absolute atomic E-state index is 0.0304. The van der Waals surface area contributed by atoms with Crippen molar-refractivity contribution in [3.63, 3.8) is 0 Å². The van der Waals surface area contributed by atoms with Gasteiger partial charge in [-0.15, -0.1) is 0 Å². The zero-order valence-electron chi connectivity index (χ0n) is 5.93. The smallest absolute Gasteiger partial charge is 0.0509 e. The van der Waals surface area contributed by atoms with Crippen molar-refractivity contribution < 1.29 is 10.2 Å². The van der Waals surface area contributed by atoms with Crippen LogP contribution in [0.1, 0.15) is 19.8 Å². The van der Waals surface area contributed by atoms with E-state index in [1.807, 2.05) is 6.92 Å². The molecule has 9 heavy (non-hydrogen) atoms. The molecule has 0 aromatic rings. The van der Waals surface area contributed by atoms with Crippen LogP contribution in [0.25, 0.3) is 0 Å². The van der Waals surface area contributed by atoms with E-state index in [2.05, 4.69) is 6.92 Å². The molecule has 0 saturated heterocycles. The Hall–Kier alpha value is -0.0800. The van der Waals surface area contributed by atoms with E-state index in [1.54, 1.807) is 0 Å². The molecular weight excluding hydrogens is 116 g/mol. The fourth-order valence-electron chi connectivity index (χ4n) is 0.738. The van der Waals surface area contributed by atoms with Crippen LogP contribution >= 0.6 is 0 Å². The summed E-state index contributed by atoms with van der Waals surface area (Å²) in [6, 6.07) is 0. The molecule has 0 aliphatic rings. The van der Waals surface area contributed by atoms with E-state index in [0.29, 0.717) is 0 Å². The highest BCUT2D eigenvalue weighted by Crippen LogP contribution is 2.19. The van der Waals surface area contributed by atoms with Gasteiger partial charge in [0, 0.05) is 5.41 Å². The molecule has 55 valence electrons. The Kier molecular flexibility index (Phi) is 3.82. The summed E-state index contributed by atoms with van der Waals surface area (Å²) >= 11 is 0. The predicted molar refractivity (Wildman–Crippen MR) is 36.9 cm³/mol. The van der Waals surface area contributed by atoms with E-state index < -0.39 is 5.41 Å². The highest BCUT2D eigenvalue weighted by molar-refractivity contribution is 4.79. The van der Waals surface area contributed by atoms with Crippen LogP contribution in [-0.2, 0) is 0 Å². The normalized spacial score (nSPS) is 12.0. The zero-order chi connectivity index (χ0) is 7.33. The minimum atomic E-state index is -0.505. The van der Waals surface area contributed by atoms with Crippen LogP contribution in [0.3, 0.4) is 0 Å². The fourth-order valence-corrected chi connectivity index (χ4v) is 0.738. The first-order valence-corrected chi connectivity index (χ1v) is 3.25. The highest BCUT2D eigenvalue weighted by atomic mass is 16.3. The van der Waals surface area contributed by atoms with Gasteiger partial charge in [0.25, 0.3) is 0 Å². The lowest BCUT2D eigenvalue weighted by molar-refractivity contribution is 0.0835. The Morgan fingerprint density at radius 2 is 1.78 bits per heavy atom. The third-order valence-corrected chi connectivity index (χ3v) is 1.45. The molecule has 0 spiro atoms. The molecule has 0 aliphatic heterocycles. The van der Waals surface area contributed by atoms with Crippen LogP contribution < -0.4 is 0 Å². The molecule has 2 N–H and O–H groups in total. The van der Waals surface area contributed by atoms with Crippen LogP contribution in [0.15, 0.2) is 0 Å². The molecule has 0 unspecified atom stereocenters. The van der Waals surface area contributed by atoms with E-state index in [1.165, 1.54) is 0 Å². The molecule has 0 aromatic carbocycles. The van der Waals surface area contributed by atoms with Gasteiger partial charge < -0.3 is 10.2 Å². The molecule has 0 heterocycles. The second kappa shape index (κ2) is 3.85. The first kappa shape index (κ1) is 8.92. The summed E-state index contributed by atoms with van der Waals surface area (Å²) in [7, 11) is 0. The summed E-state index contributed by atoms with van der Waals surface area (Å²) < 4.78 is 0. The van der Waals surface area contributed by atoms with Gasteiger partial charge in [0.15, 0.2) is 0 Å². The highest BCUT2D eigenvalue weighted by Gasteiger charge is 2.20. The number of hydrogen-bond acceptors (Lipinski definition) is 2. The molecule has 0 rings (SSSR count). The van der Waals surface area contributed by atoms with Gasteiger partial charge in [-0.1, -0.05) is 13.3 Å². The molecule has 0 aromatic heterocycles. The van der Waals surface area contributed by atoms with Gasteiger partial charge in [-0.3, -0.25) is 0 Å². The van der Waals surface area contributed by atoms with Crippen molar-refractivity contribution in [1.29, 1.82) is 0 Å². The molecule has 0 fully saturated rings. The molecule has 2 heteroatoms. The minimum Gasteiger partial charge on any atom is -0.396 e. The van der Waals surface area contributed by atoms with Crippen molar-refractivity contribution in [3.05, 3.63) is 6.92 Å². The number of aliphatic hydroxyl groups is 2. The molecule has 0 aliphatic carbocycles. The molecule has 2 nitrogen and oxygen atoms in total. The molecule has 0 bridgehead atoms. The van der Waals surface area contributed by atoms with E-state index >= 15 is 0 Å². The Labute approximate surface area is 56.5 Å². The van der Waals surface area contributed by atoms with Gasteiger partial charge in [0.1, 0.15) is 0 Å². The first-order chi connectivity index (χ1) is 4.18. The summed E-state index contributed by atoms with van der Waals surface area (Å²) in [5.74, 6) is 0. The number of rotatable bonds is 4. The van der Waals surface area contributed by atoms with E-state index in [-0.39, 0.29) is 13.2 Å². The van der Waals surface area contributed by atoms with E-state index in [0.717, 1.165) is 12.8 Å². The van der Waals surface area contributed by atoms with Crippen molar-refractivity contribution in [2.75, 3.05) is 13.2 Å². The SMILES string of the molecule is [CH2]C(CO)(CO)CCC. The van der Waals surface area contributed by atoms with Crippen molar-refractivity contribution in [2.24, 2.45) is 5.41 Å². The number of hydrogen-bond donors (Lipinski definition) is 2. The monoisotopic (exact) mass is 131 g/mol. The van der Waals surface area contributed by atoms with Crippen molar-refractivity contribution in [3.8, 4) is 0 Å². The third kappa shape index (κ3) is 2.82. The largest absolute Gasteiger partial charge is 0.396 e. The molecule has 1 radical (unpaired) electrons. The van der Waals surface area contributed by atoms with Gasteiger partial charge in [-0.25, -0.2) is 0 Å². The van der Waals surface area contributed by atoms with Gasteiger partial charge in [0.05, 0.1) is 13.2 Å². The Balaban J connectivity index is 3.62. The Bertz CT molecular complexity index is 67.3. The lowest BCUT2D eigenvalue weighted by atomic mass is 9.88. The quantitative estimate of drug-likeness (QED) is 0.586. The maximum Gasteiger partial charge on any atom is 0.0509 e. The molecule has 0 amide bonds. The lowest BCUT2D eigenvalue weighted by Gasteiger charge is -2.22. The fraction of sp³-hybridized carbons (Fsp3) is 0.857. The van der Waals surface area contributed by atoms with Crippen LogP contribution in [0.2, 0.25) is 0 Å². The van der Waals surface area contributed by atoms with Crippen LogP contribution in [-0.4, -0.2) is 23.4 Å². The van der Waals surface area contributed by atoms with Gasteiger partial charge in [0.2, 0.25) is 0 Å². The van der Waals surface area contributed by atoms with Crippen LogP contribution in [0.5, 0.6) is 0 Å². The van der Waals surface area contributed by atoms with Crippen molar-refractivity contribution in [1.82, 2.24) is 0 Å². The molecular formula is C7H15O2. The second-order valence-electron chi connectivity index (χ2n) is 2.57. The summed E-state index contributed by atoms with van der Waals surface area (Å²) in [6.07, 6.45) is 1.73. The predicted octanol–water partition coefficient (Wildman–Crippen LogP) is 0.592. The number of aliphatic hydroxyl groups excluding tert-OH is 2. The average Bonchev–Trinajstić information content (AvgIpc) is 1.89. The standard InChI is InChI=1S/C7H15O2/c1-3-4-7(2,5-8)6-9/h8-9H,2-6H2,1H3. The third-order valence-electron chi connectivity index (χ3n) is 1.45. The lowest BCUT2D eigenvalue weighted by Crippen LogP contribution is -2.25. The Morgan fingerprint density at radius 3 is 1.89 bits per heavy atom. The zero-order valence-corrected chi connectivity index (χ0v) is 5.93. The van der Waals surface area contributed by atoms with Gasteiger partial charge in [-0.05, 0) is 13.3 Å². The van der Waals surface area contributed by atoms with Crippen LogP contribution in [0, 0.1) is 12.3 Å². The molecule has 0 atom stereocenters. The van der Waals surface area contributed by atoms with Crippen molar-refractivity contribution >= 4 is 0 Å². The second-order valence-corrected chi connectivity index (χ2v) is 2.57. The average molecular weight is 131 g/mol.